The normalized spacial score (nSPS) is 14.7. The Morgan fingerprint density at radius 3 is 1.27 bits per heavy atom. The van der Waals surface area contributed by atoms with Crippen molar-refractivity contribution in [1.29, 1.82) is 0 Å². The molecule has 0 unspecified atom stereocenters. The van der Waals surface area contributed by atoms with Crippen molar-refractivity contribution in [2.75, 3.05) is 58.3 Å². The fourth-order valence-corrected chi connectivity index (χ4v) is 7.31. The van der Waals surface area contributed by atoms with Gasteiger partial charge in [0.15, 0.2) is 34.5 Å². The summed E-state index contributed by atoms with van der Waals surface area (Å²) in [7, 11) is 0. The van der Waals surface area contributed by atoms with Crippen LogP contribution < -0.4 is 43.2 Å². The largest absolute Gasteiger partial charge is 0.493 e. The number of hydrogen-bond donors (Lipinski definition) is 1. The number of ether oxygens (including phenoxy) is 8. The molecule has 10 rings (SSSR count). The van der Waals surface area contributed by atoms with Crippen LogP contribution in [0.25, 0.3) is 0 Å². The van der Waals surface area contributed by atoms with Crippen LogP contribution in [-0.4, -0.2) is 53.0 Å². The number of anilines is 1. The van der Waals surface area contributed by atoms with Gasteiger partial charge in [-0.1, -0.05) is 106 Å². The number of hydrogen-bond acceptors (Lipinski definition) is 9. The summed E-state index contributed by atoms with van der Waals surface area (Å²) < 4.78 is 43.6. The van der Waals surface area contributed by atoms with E-state index in [-0.39, 0.29) is 0 Å². The minimum atomic E-state index is 0.358. The molecule has 0 bridgehead atoms. The minimum Gasteiger partial charge on any atom is -0.493 e. The van der Waals surface area contributed by atoms with Crippen molar-refractivity contribution in [2.24, 2.45) is 0 Å². The Kier molecular flexibility index (Phi) is 17.4. The van der Waals surface area contributed by atoms with Gasteiger partial charge in [0, 0.05) is 19.4 Å². The minimum absolute atomic E-state index is 0.358. The Morgan fingerprint density at radius 2 is 0.719 bits per heavy atom. The molecule has 5 aliphatic rings. The zero-order valence-electron chi connectivity index (χ0n) is 39.9. The molecule has 1 N–H and O–H groups in total. The fraction of sp³-hybridized carbons (Fsp3) is 0.455. The summed E-state index contributed by atoms with van der Waals surface area (Å²) in [6, 6.07) is 31.4. The van der Waals surface area contributed by atoms with E-state index in [0.717, 1.165) is 97.5 Å². The maximum atomic E-state index is 5.61. The van der Waals surface area contributed by atoms with Crippen LogP contribution in [0.5, 0.6) is 46.0 Å². The van der Waals surface area contributed by atoms with Gasteiger partial charge in [-0.15, -0.1) is 0 Å². The van der Waals surface area contributed by atoms with E-state index in [9.17, 15) is 0 Å². The average Bonchev–Trinajstić information content (AvgIpc) is 3.93. The highest BCUT2D eigenvalue weighted by molar-refractivity contribution is 5.59. The van der Waals surface area contributed by atoms with E-state index in [1.807, 2.05) is 24.3 Å². The topological polar surface area (TPSA) is 85.9 Å². The summed E-state index contributed by atoms with van der Waals surface area (Å²) >= 11 is 0. The summed E-state index contributed by atoms with van der Waals surface area (Å²) in [5, 5.41) is 3.30. The van der Waals surface area contributed by atoms with E-state index in [0.29, 0.717) is 49.6 Å². The third-order valence-corrected chi connectivity index (χ3v) is 11.5. The molecule has 0 atom stereocenters. The van der Waals surface area contributed by atoms with Crippen LogP contribution >= 0.6 is 0 Å². The van der Waals surface area contributed by atoms with Crippen molar-refractivity contribution < 1.29 is 37.9 Å². The van der Waals surface area contributed by atoms with Crippen molar-refractivity contribution in [3.63, 3.8) is 0 Å². The smallest absolute Gasteiger partial charge is 0.231 e. The maximum Gasteiger partial charge on any atom is 0.231 e. The third kappa shape index (κ3) is 13.4. The second kappa shape index (κ2) is 23.3. The third-order valence-electron chi connectivity index (χ3n) is 11.5. The monoisotopic (exact) mass is 874 g/mol. The average molecular weight is 874 g/mol. The first-order valence-electron chi connectivity index (χ1n) is 23.3. The van der Waals surface area contributed by atoms with E-state index in [1.165, 1.54) is 33.4 Å². The molecule has 5 aliphatic heterocycles. The molecule has 344 valence electrons. The standard InChI is InChI=1S/C12H16O2.C11H15NO.C11H14O2.C11H14O.C10H12O2/c1-9(2)10-4-5-11-12(8-10)14-7-3-6-13-11;2*1-8(2)9-3-4-10-11(7-9)13-6-5-12-10;1-8(2)9-3-4-11-10(7-9)5-6-12-11;1-7(2)8-3-4-9-10(5-8)12-6-11-9/h4-5,8-9H,3,6-7H2,1-2H3;3-4,7-8,12H,5-6H2,1-2H3;3-4,7-8H,5-6H2,1-2H3;3-4,7-8H,5-6H2,1-2H3;3-5,7H,6H2,1-2H3. The summed E-state index contributed by atoms with van der Waals surface area (Å²) in [5.41, 5.74) is 9.14. The van der Waals surface area contributed by atoms with Gasteiger partial charge < -0.3 is 43.2 Å². The molecule has 0 radical (unpaired) electrons. The predicted molar refractivity (Wildman–Crippen MR) is 259 cm³/mol. The molecular formula is C55H71NO8. The van der Waals surface area contributed by atoms with Gasteiger partial charge in [0.1, 0.15) is 31.3 Å². The Hall–Kier alpha value is -5.70. The quantitative estimate of drug-likeness (QED) is 0.185. The maximum absolute atomic E-state index is 5.61. The molecule has 9 heteroatoms. The molecule has 0 fully saturated rings. The Morgan fingerprint density at radius 1 is 0.344 bits per heavy atom. The lowest BCUT2D eigenvalue weighted by molar-refractivity contribution is 0.171. The second-order valence-corrected chi connectivity index (χ2v) is 18.0. The molecule has 5 aromatic rings. The van der Waals surface area contributed by atoms with Crippen LogP contribution in [-0.2, 0) is 6.42 Å². The highest BCUT2D eigenvalue weighted by Gasteiger charge is 2.16. The molecule has 0 saturated heterocycles. The molecule has 0 aromatic heterocycles. The summed E-state index contributed by atoms with van der Waals surface area (Å²) in [6.45, 7) is 27.6. The summed E-state index contributed by atoms with van der Waals surface area (Å²) in [4.78, 5) is 0. The van der Waals surface area contributed by atoms with E-state index in [4.69, 9.17) is 37.9 Å². The molecule has 0 spiro atoms. The molecule has 5 heterocycles. The van der Waals surface area contributed by atoms with Crippen molar-refractivity contribution in [2.45, 2.75) is 112 Å². The first-order valence-corrected chi connectivity index (χ1v) is 23.3. The van der Waals surface area contributed by atoms with Crippen LogP contribution in [0.15, 0.2) is 91.0 Å². The van der Waals surface area contributed by atoms with Gasteiger partial charge in [-0.3, -0.25) is 0 Å². The first kappa shape index (κ1) is 47.8. The summed E-state index contributed by atoms with van der Waals surface area (Å²) in [6.07, 6.45) is 2.04. The van der Waals surface area contributed by atoms with Crippen LogP contribution in [0.3, 0.4) is 0 Å². The predicted octanol–water partition coefficient (Wildman–Crippen LogP) is 13.5. The zero-order chi connectivity index (χ0) is 45.6. The van der Waals surface area contributed by atoms with Gasteiger partial charge in [-0.05, 0) is 118 Å². The van der Waals surface area contributed by atoms with E-state index in [2.05, 4.69) is 141 Å². The SMILES string of the molecule is CC(C)c1ccc2c(c1)CCO2.CC(C)c1ccc2c(c1)OCCCO2.CC(C)c1ccc2c(c1)OCCN2.CC(C)c1ccc2c(c1)OCCO2.CC(C)c1ccc2c(c1)OCO2. The summed E-state index contributed by atoms with van der Waals surface area (Å²) in [5.74, 6) is 10.2. The Balaban J connectivity index is 0.000000133. The molecule has 0 saturated carbocycles. The van der Waals surface area contributed by atoms with Crippen molar-refractivity contribution >= 4 is 5.69 Å². The van der Waals surface area contributed by atoms with Crippen LogP contribution in [0, 0.1) is 0 Å². The molecule has 64 heavy (non-hydrogen) atoms. The molecule has 5 aromatic carbocycles. The van der Waals surface area contributed by atoms with Gasteiger partial charge in [0.25, 0.3) is 0 Å². The highest BCUT2D eigenvalue weighted by atomic mass is 16.7. The van der Waals surface area contributed by atoms with Gasteiger partial charge >= 0.3 is 0 Å². The van der Waals surface area contributed by atoms with Crippen LogP contribution in [0.1, 0.15) is 139 Å². The van der Waals surface area contributed by atoms with E-state index >= 15 is 0 Å². The van der Waals surface area contributed by atoms with Gasteiger partial charge in [-0.2, -0.15) is 0 Å². The lowest BCUT2D eigenvalue weighted by atomic mass is 10.00. The molecule has 0 aliphatic carbocycles. The van der Waals surface area contributed by atoms with E-state index < -0.39 is 0 Å². The zero-order valence-corrected chi connectivity index (χ0v) is 39.9. The molecular weight excluding hydrogens is 803 g/mol. The molecule has 9 nitrogen and oxygen atoms in total. The van der Waals surface area contributed by atoms with E-state index in [1.54, 1.807) is 0 Å². The first-order chi connectivity index (χ1) is 30.9. The fourth-order valence-electron chi connectivity index (χ4n) is 7.31. The van der Waals surface area contributed by atoms with Gasteiger partial charge in [-0.25, -0.2) is 0 Å². The molecule has 0 amide bonds. The number of rotatable bonds is 5. The van der Waals surface area contributed by atoms with Crippen molar-refractivity contribution in [3.8, 4) is 46.0 Å². The Labute approximate surface area is 382 Å². The van der Waals surface area contributed by atoms with Crippen molar-refractivity contribution in [3.05, 3.63) is 124 Å². The van der Waals surface area contributed by atoms with Crippen LogP contribution in [0.2, 0.25) is 0 Å². The lowest BCUT2D eigenvalue weighted by Gasteiger charge is -2.20. The highest BCUT2D eigenvalue weighted by Crippen LogP contribution is 2.36. The van der Waals surface area contributed by atoms with Crippen molar-refractivity contribution in [1.82, 2.24) is 0 Å². The van der Waals surface area contributed by atoms with Crippen LogP contribution in [0.4, 0.5) is 5.69 Å². The number of nitrogens with one attached hydrogen (secondary N) is 1. The number of fused-ring (bicyclic) bond motifs is 5. The Bertz CT molecular complexity index is 2120. The van der Waals surface area contributed by atoms with Gasteiger partial charge in [0.05, 0.1) is 25.5 Å². The second-order valence-electron chi connectivity index (χ2n) is 18.0. The lowest BCUT2D eigenvalue weighted by Crippen LogP contribution is -2.18. The number of benzene rings is 5. The van der Waals surface area contributed by atoms with Gasteiger partial charge in [0.2, 0.25) is 6.79 Å².